The predicted octanol–water partition coefficient (Wildman–Crippen LogP) is 3.58. The zero-order valence-corrected chi connectivity index (χ0v) is 11.1. The lowest BCUT2D eigenvalue weighted by Crippen LogP contribution is -1.90. The number of thioether (sulfide) groups is 1. The van der Waals surface area contributed by atoms with Crippen molar-refractivity contribution >= 4 is 23.1 Å². The van der Waals surface area contributed by atoms with E-state index in [4.69, 9.17) is 11.5 Å². The number of hydrogen-bond donors (Lipinski definition) is 2. The SMILES string of the molecule is Nc1ccc(CCCSc2cccc(N)c2)cc1. The number of nitrogen functional groups attached to an aromatic ring is 2. The molecule has 18 heavy (non-hydrogen) atoms. The van der Waals surface area contributed by atoms with E-state index >= 15 is 0 Å². The van der Waals surface area contributed by atoms with E-state index in [0.717, 1.165) is 30.0 Å². The van der Waals surface area contributed by atoms with Crippen LogP contribution < -0.4 is 11.5 Å². The van der Waals surface area contributed by atoms with E-state index in [0.29, 0.717) is 0 Å². The first-order chi connectivity index (χ1) is 8.74. The van der Waals surface area contributed by atoms with Gasteiger partial charge in [0.1, 0.15) is 0 Å². The standard InChI is InChI=1S/C15H18N2S/c16-13-8-6-12(7-9-13)3-2-10-18-15-5-1-4-14(17)11-15/h1,4-9,11H,2-3,10,16-17H2. The third-order valence-corrected chi connectivity index (χ3v) is 3.80. The maximum Gasteiger partial charge on any atom is 0.0325 e. The molecular formula is C15H18N2S. The van der Waals surface area contributed by atoms with Gasteiger partial charge < -0.3 is 11.5 Å². The Hall–Kier alpha value is -1.61. The maximum atomic E-state index is 5.74. The second kappa shape index (κ2) is 6.36. The minimum absolute atomic E-state index is 0.827. The van der Waals surface area contributed by atoms with Crippen LogP contribution >= 0.6 is 11.8 Å². The van der Waals surface area contributed by atoms with Gasteiger partial charge in [-0.1, -0.05) is 18.2 Å². The Bertz CT molecular complexity index is 494. The van der Waals surface area contributed by atoms with Crippen LogP contribution in [0.4, 0.5) is 11.4 Å². The number of benzene rings is 2. The number of anilines is 2. The molecular weight excluding hydrogens is 240 g/mol. The Morgan fingerprint density at radius 3 is 2.39 bits per heavy atom. The fraction of sp³-hybridized carbons (Fsp3) is 0.200. The summed E-state index contributed by atoms with van der Waals surface area (Å²) in [5.41, 5.74) is 14.4. The summed E-state index contributed by atoms with van der Waals surface area (Å²) in [6.07, 6.45) is 2.25. The minimum atomic E-state index is 0.827. The Kier molecular flexibility index (Phi) is 4.53. The van der Waals surface area contributed by atoms with Crippen molar-refractivity contribution in [1.82, 2.24) is 0 Å². The van der Waals surface area contributed by atoms with E-state index in [1.54, 1.807) is 0 Å². The highest BCUT2D eigenvalue weighted by Gasteiger charge is 1.96. The largest absolute Gasteiger partial charge is 0.399 e. The molecule has 0 unspecified atom stereocenters. The first-order valence-electron chi connectivity index (χ1n) is 6.07. The first-order valence-corrected chi connectivity index (χ1v) is 7.05. The van der Waals surface area contributed by atoms with Crippen LogP contribution in [0.2, 0.25) is 0 Å². The van der Waals surface area contributed by atoms with Crippen molar-refractivity contribution < 1.29 is 0 Å². The van der Waals surface area contributed by atoms with Crippen LogP contribution in [0.3, 0.4) is 0 Å². The molecule has 94 valence electrons. The topological polar surface area (TPSA) is 52.0 Å². The van der Waals surface area contributed by atoms with E-state index in [1.807, 2.05) is 42.1 Å². The summed E-state index contributed by atoms with van der Waals surface area (Å²) >= 11 is 1.85. The van der Waals surface area contributed by atoms with Gasteiger partial charge in [-0.2, -0.15) is 0 Å². The normalized spacial score (nSPS) is 10.4. The van der Waals surface area contributed by atoms with Crippen LogP contribution in [-0.4, -0.2) is 5.75 Å². The molecule has 2 rings (SSSR count). The molecule has 0 spiro atoms. The van der Waals surface area contributed by atoms with Gasteiger partial charge in [-0.25, -0.2) is 0 Å². The summed E-state index contributed by atoms with van der Waals surface area (Å²) in [4.78, 5) is 1.24. The second-order valence-electron chi connectivity index (χ2n) is 4.27. The molecule has 0 fully saturated rings. The predicted molar refractivity (Wildman–Crippen MR) is 80.8 cm³/mol. The van der Waals surface area contributed by atoms with Crippen molar-refractivity contribution in [2.45, 2.75) is 17.7 Å². The molecule has 4 N–H and O–H groups in total. The van der Waals surface area contributed by atoms with Gasteiger partial charge >= 0.3 is 0 Å². The Morgan fingerprint density at radius 1 is 0.889 bits per heavy atom. The van der Waals surface area contributed by atoms with Crippen LogP contribution in [0.25, 0.3) is 0 Å². The lowest BCUT2D eigenvalue weighted by molar-refractivity contribution is 0.933. The van der Waals surface area contributed by atoms with Gasteiger partial charge in [-0.05, 0) is 54.5 Å². The van der Waals surface area contributed by atoms with Crippen LogP contribution in [-0.2, 0) is 6.42 Å². The lowest BCUT2D eigenvalue weighted by atomic mass is 10.1. The quantitative estimate of drug-likeness (QED) is 0.489. The maximum absolute atomic E-state index is 5.74. The van der Waals surface area contributed by atoms with Crippen LogP contribution in [0.5, 0.6) is 0 Å². The van der Waals surface area contributed by atoms with Crippen LogP contribution in [0.1, 0.15) is 12.0 Å². The molecule has 0 aliphatic rings. The Morgan fingerprint density at radius 2 is 1.67 bits per heavy atom. The molecule has 0 amide bonds. The molecule has 0 aromatic heterocycles. The van der Waals surface area contributed by atoms with Crippen molar-refractivity contribution in [3.05, 3.63) is 54.1 Å². The van der Waals surface area contributed by atoms with Gasteiger partial charge in [0, 0.05) is 16.3 Å². The van der Waals surface area contributed by atoms with Gasteiger partial charge in [-0.15, -0.1) is 11.8 Å². The van der Waals surface area contributed by atoms with Crippen molar-refractivity contribution in [2.24, 2.45) is 0 Å². The van der Waals surface area contributed by atoms with Crippen molar-refractivity contribution in [3.8, 4) is 0 Å². The van der Waals surface area contributed by atoms with Crippen LogP contribution in [0.15, 0.2) is 53.4 Å². The molecule has 0 aliphatic carbocycles. The highest BCUT2D eigenvalue weighted by atomic mass is 32.2. The third-order valence-electron chi connectivity index (χ3n) is 2.72. The van der Waals surface area contributed by atoms with E-state index in [-0.39, 0.29) is 0 Å². The summed E-state index contributed by atoms with van der Waals surface area (Å²) in [5, 5.41) is 0. The average Bonchev–Trinajstić information content (AvgIpc) is 2.37. The van der Waals surface area contributed by atoms with Crippen molar-refractivity contribution in [2.75, 3.05) is 17.2 Å². The fourth-order valence-corrected chi connectivity index (χ4v) is 2.67. The van der Waals surface area contributed by atoms with E-state index in [2.05, 4.69) is 18.2 Å². The minimum Gasteiger partial charge on any atom is -0.399 e. The average molecular weight is 258 g/mol. The van der Waals surface area contributed by atoms with Gasteiger partial charge in [-0.3, -0.25) is 0 Å². The summed E-state index contributed by atoms with van der Waals surface area (Å²) in [6.45, 7) is 0. The van der Waals surface area contributed by atoms with Crippen molar-refractivity contribution in [1.29, 1.82) is 0 Å². The second-order valence-corrected chi connectivity index (χ2v) is 5.43. The van der Waals surface area contributed by atoms with Gasteiger partial charge in [0.05, 0.1) is 0 Å². The third kappa shape index (κ3) is 4.00. The number of hydrogen-bond acceptors (Lipinski definition) is 3. The van der Waals surface area contributed by atoms with Crippen LogP contribution in [0, 0.1) is 0 Å². The molecule has 0 radical (unpaired) electrons. The van der Waals surface area contributed by atoms with E-state index in [1.165, 1.54) is 10.5 Å². The molecule has 0 saturated heterocycles. The molecule has 2 nitrogen and oxygen atoms in total. The van der Waals surface area contributed by atoms with Gasteiger partial charge in [0.15, 0.2) is 0 Å². The van der Waals surface area contributed by atoms with E-state index < -0.39 is 0 Å². The zero-order chi connectivity index (χ0) is 12.8. The first kappa shape index (κ1) is 12.8. The number of aryl methyl sites for hydroxylation is 1. The number of rotatable bonds is 5. The number of nitrogens with two attached hydrogens (primary N) is 2. The molecule has 0 bridgehead atoms. The monoisotopic (exact) mass is 258 g/mol. The molecule has 0 aliphatic heterocycles. The Labute approximate surface area is 112 Å². The summed E-state index contributed by atoms with van der Waals surface area (Å²) in [5.74, 6) is 1.10. The molecule has 2 aromatic carbocycles. The van der Waals surface area contributed by atoms with Crippen molar-refractivity contribution in [3.63, 3.8) is 0 Å². The lowest BCUT2D eigenvalue weighted by Gasteiger charge is -2.03. The molecule has 0 saturated carbocycles. The smallest absolute Gasteiger partial charge is 0.0325 e. The van der Waals surface area contributed by atoms with Gasteiger partial charge in [0.2, 0.25) is 0 Å². The highest BCUT2D eigenvalue weighted by molar-refractivity contribution is 7.99. The molecule has 3 heteroatoms. The molecule has 0 atom stereocenters. The zero-order valence-electron chi connectivity index (χ0n) is 10.3. The Balaban J connectivity index is 1.74. The van der Waals surface area contributed by atoms with Gasteiger partial charge in [0.25, 0.3) is 0 Å². The summed E-state index contributed by atoms with van der Waals surface area (Å²) in [6, 6.07) is 16.1. The summed E-state index contributed by atoms with van der Waals surface area (Å²) < 4.78 is 0. The molecule has 0 heterocycles. The van der Waals surface area contributed by atoms with E-state index in [9.17, 15) is 0 Å². The summed E-state index contributed by atoms with van der Waals surface area (Å²) in [7, 11) is 0. The highest BCUT2D eigenvalue weighted by Crippen LogP contribution is 2.21. The molecule has 2 aromatic rings. The fourth-order valence-electron chi connectivity index (χ4n) is 1.75.